The van der Waals surface area contributed by atoms with Gasteiger partial charge in [-0.1, -0.05) is 33.5 Å². The maximum absolute atomic E-state index is 14.2. The van der Waals surface area contributed by atoms with Gasteiger partial charge in [0, 0.05) is 72.1 Å². The highest BCUT2D eigenvalue weighted by atomic mass is 32.2. The predicted octanol–water partition coefficient (Wildman–Crippen LogP) is 1.86. The summed E-state index contributed by atoms with van der Waals surface area (Å²) in [7, 11) is -5.65. The second kappa shape index (κ2) is 13.5. The minimum absolute atomic E-state index is 0.0130. The Bertz CT molecular complexity index is 1500. The molecule has 2 unspecified atom stereocenters. The molecular formula is C31H49F3N6O7SSi. The number of hydrogen-bond acceptors (Lipinski definition) is 10. The van der Waals surface area contributed by atoms with Crippen LogP contribution in [0.5, 0.6) is 0 Å². The lowest BCUT2D eigenvalue weighted by Crippen LogP contribution is -2.60. The molecule has 0 saturated carbocycles. The first-order valence-electron chi connectivity index (χ1n) is 16.6. The number of aliphatic hydroxyl groups is 1. The molecule has 0 aromatic heterocycles. The summed E-state index contributed by atoms with van der Waals surface area (Å²) in [4.78, 5) is 34.5. The number of allylic oxidation sites excluding steroid dienone is 1. The number of sulfonamides is 1. The van der Waals surface area contributed by atoms with Crippen molar-refractivity contribution in [3.63, 3.8) is 0 Å². The Morgan fingerprint density at radius 2 is 1.73 bits per heavy atom. The molecule has 0 aromatic rings. The quantitative estimate of drug-likeness (QED) is 0.239. The maximum atomic E-state index is 14.2. The molecule has 0 radical (unpaired) electrons. The SMILES string of the molecule is CC(C)C(=O)N1CCN(C2=CC(S(=O)(=O)NC3(C)COC3)=CN3C2=CN(COCC[Si](C)(C)C)C3C(=O)N2CCC(O)(C(F)(F)F)C2)CC1. The van der Waals surface area contributed by atoms with Crippen LogP contribution in [0, 0.1) is 5.92 Å². The summed E-state index contributed by atoms with van der Waals surface area (Å²) in [6.45, 7) is 12.9. The predicted molar refractivity (Wildman–Crippen MR) is 177 cm³/mol. The van der Waals surface area contributed by atoms with Gasteiger partial charge in [0.1, 0.15) is 11.6 Å². The van der Waals surface area contributed by atoms with E-state index in [1.54, 1.807) is 22.9 Å². The van der Waals surface area contributed by atoms with Crippen molar-refractivity contribution in [1.82, 2.24) is 29.2 Å². The van der Waals surface area contributed by atoms with Crippen molar-refractivity contribution in [2.24, 2.45) is 5.92 Å². The number of carbonyl (C=O) groups is 2. The lowest BCUT2D eigenvalue weighted by molar-refractivity contribution is -0.253. The van der Waals surface area contributed by atoms with Gasteiger partial charge < -0.3 is 39.1 Å². The van der Waals surface area contributed by atoms with E-state index in [2.05, 4.69) is 24.4 Å². The number of nitrogens with one attached hydrogen (secondary N) is 1. The van der Waals surface area contributed by atoms with E-state index in [-0.39, 0.29) is 43.2 Å². The van der Waals surface area contributed by atoms with Crippen LogP contribution in [0.15, 0.2) is 34.8 Å². The highest BCUT2D eigenvalue weighted by Gasteiger charge is 2.59. The fraction of sp³-hybridized carbons (Fsp3) is 0.742. The Balaban J connectivity index is 1.50. The van der Waals surface area contributed by atoms with Crippen molar-refractivity contribution in [2.75, 3.05) is 65.8 Å². The summed E-state index contributed by atoms with van der Waals surface area (Å²) in [5.74, 6) is -0.897. The first kappa shape index (κ1) is 37.6. The van der Waals surface area contributed by atoms with Gasteiger partial charge in [0.2, 0.25) is 15.9 Å². The van der Waals surface area contributed by atoms with E-state index in [9.17, 15) is 36.3 Å². The van der Waals surface area contributed by atoms with Crippen LogP contribution in [0.3, 0.4) is 0 Å². The van der Waals surface area contributed by atoms with Crippen LogP contribution in [0.25, 0.3) is 0 Å². The van der Waals surface area contributed by atoms with Gasteiger partial charge in [-0.05, 0) is 19.0 Å². The fourth-order valence-corrected chi connectivity index (χ4v) is 8.54. The number of amides is 2. The standard InChI is InChI=1S/C31H49F3N6O7SSi/c1-22(2)27(41)37-11-9-36(10-12-37)24-15-23(48(44,45)35-29(3)19-47-20-29)16-40-25(24)17-39(21-46-13-14-49(4,5)6)26(40)28(42)38-8-7-30(43,18-38)31(32,33)34/h15-17,22,26,35,43H,7-14,18-21H2,1-6H3. The van der Waals surface area contributed by atoms with Crippen molar-refractivity contribution in [3.8, 4) is 0 Å². The van der Waals surface area contributed by atoms with E-state index < -0.39 is 60.5 Å². The van der Waals surface area contributed by atoms with Crippen LogP contribution in [0.4, 0.5) is 13.2 Å². The number of ether oxygens (including phenoxy) is 2. The lowest BCUT2D eigenvalue weighted by Gasteiger charge is -2.42. The molecule has 2 N–H and O–H groups in total. The molecule has 3 fully saturated rings. The van der Waals surface area contributed by atoms with Crippen molar-refractivity contribution in [3.05, 3.63) is 34.8 Å². The summed E-state index contributed by atoms with van der Waals surface area (Å²) in [6.07, 6.45) is -2.35. The van der Waals surface area contributed by atoms with E-state index >= 15 is 0 Å². The van der Waals surface area contributed by atoms with Crippen LogP contribution in [0.1, 0.15) is 27.2 Å². The number of rotatable bonds is 11. The summed E-state index contributed by atoms with van der Waals surface area (Å²) in [5.41, 5.74) is -2.92. The van der Waals surface area contributed by atoms with Crippen molar-refractivity contribution in [1.29, 1.82) is 0 Å². The molecule has 276 valence electrons. The van der Waals surface area contributed by atoms with E-state index in [0.717, 1.165) is 10.9 Å². The van der Waals surface area contributed by atoms with Crippen LogP contribution >= 0.6 is 0 Å². The fourth-order valence-electron chi connectivity index (χ4n) is 6.38. The molecule has 13 nitrogen and oxygen atoms in total. The van der Waals surface area contributed by atoms with Crippen LogP contribution in [-0.2, 0) is 29.1 Å². The zero-order valence-electron chi connectivity index (χ0n) is 29.0. The molecular weight excluding hydrogens is 686 g/mol. The number of hydrogen-bond donors (Lipinski definition) is 2. The van der Waals surface area contributed by atoms with Crippen molar-refractivity contribution < 1.29 is 45.8 Å². The Morgan fingerprint density at radius 3 is 2.27 bits per heavy atom. The molecule has 0 aliphatic carbocycles. The Labute approximate surface area is 287 Å². The molecule has 2 atom stereocenters. The third-order valence-electron chi connectivity index (χ3n) is 9.45. The number of alkyl halides is 3. The second-order valence-corrected chi connectivity index (χ2v) is 22.7. The van der Waals surface area contributed by atoms with Gasteiger partial charge in [-0.2, -0.15) is 13.2 Å². The van der Waals surface area contributed by atoms with Gasteiger partial charge in [0.15, 0.2) is 11.8 Å². The summed E-state index contributed by atoms with van der Waals surface area (Å²) in [5, 5.41) is 10.4. The topological polar surface area (TPSA) is 135 Å². The minimum atomic E-state index is -4.94. The maximum Gasteiger partial charge on any atom is 0.419 e. The average Bonchev–Trinajstić information content (AvgIpc) is 3.58. The highest BCUT2D eigenvalue weighted by Crippen LogP contribution is 2.41. The third-order valence-corrected chi connectivity index (χ3v) is 12.8. The second-order valence-electron chi connectivity index (χ2n) is 15.4. The van der Waals surface area contributed by atoms with E-state index in [0.29, 0.717) is 44.2 Å². The smallest absolute Gasteiger partial charge is 0.379 e. The molecule has 3 saturated heterocycles. The number of halogens is 3. The Kier molecular flexibility index (Phi) is 10.3. The Morgan fingerprint density at radius 1 is 1.08 bits per heavy atom. The largest absolute Gasteiger partial charge is 0.419 e. The molecule has 2 amide bonds. The number of likely N-dealkylation sites (tertiary alicyclic amines) is 1. The zero-order chi connectivity index (χ0) is 36.2. The van der Waals surface area contributed by atoms with Gasteiger partial charge in [-0.3, -0.25) is 9.59 Å². The van der Waals surface area contributed by atoms with Crippen LogP contribution in [0.2, 0.25) is 25.7 Å². The monoisotopic (exact) mass is 734 g/mol. The number of carbonyl (C=O) groups excluding carboxylic acids is 2. The van der Waals surface area contributed by atoms with Crippen LogP contribution in [-0.4, -0.2) is 147 Å². The first-order chi connectivity index (χ1) is 22.6. The van der Waals surface area contributed by atoms with Gasteiger partial charge in [0.05, 0.1) is 36.7 Å². The lowest BCUT2D eigenvalue weighted by atomic mass is 10.0. The van der Waals surface area contributed by atoms with Gasteiger partial charge in [0.25, 0.3) is 5.91 Å². The zero-order valence-corrected chi connectivity index (χ0v) is 30.9. The number of β-amino-alcohol motifs (C(OH)–C–C–N with tert-alkyl or cyclic N) is 1. The summed E-state index contributed by atoms with van der Waals surface area (Å²) in [6, 6.07) is 0.839. The van der Waals surface area contributed by atoms with Crippen molar-refractivity contribution in [2.45, 2.75) is 76.4 Å². The van der Waals surface area contributed by atoms with E-state index in [1.165, 1.54) is 17.2 Å². The normalized spacial score (nSPS) is 26.1. The third kappa shape index (κ3) is 7.98. The van der Waals surface area contributed by atoms with Crippen LogP contribution < -0.4 is 4.72 Å². The molecule has 5 aliphatic rings. The van der Waals surface area contributed by atoms with E-state index in [1.807, 2.05) is 18.7 Å². The number of piperazine rings is 1. The van der Waals surface area contributed by atoms with E-state index in [4.69, 9.17) is 9.47 Å². The molecule has 5 aliphatic heterocycles. The molecule has 5 heterocycles. The van der Waals surface area contributed by atoms with Crippen molar-refractivity contribution >= 4 is 29.9 Å². The first-order valence-corrected chi connectivity index (χ1v) is 21.8. The average molecular weight is 735 g/mol. The molecule has 18 heteroatoms. The number of fused-ring (bicyclic) bond motifs is 1. The molecule has 5 rings (SSSR count). The van der Waals surface area contributed by atoms with Gasteiger partial charge in [-0.25, -0.2) is 13.1 Å². The molecule has 0 aromatic carbocycles. The van der Waals surface area contributed by atoms with Gasteiger partial charge >= 0.3 is 6.18 Å². The number of nitrogens with zero attached hydrogens (tertiary/aromatic N) is 5. The summed E-state index contributed by atoms with van der Waals surface area (Å²) < 4.78 is 83.0. The molecule has 0 bridgehead atoms. The van der Waals surface area contributed by atoms with Gasteiger partial charge in [-0.15, -0.1) is 0 Å². The Hall–Kier alpha value is -2.64. The molecule has 0 spiro atoms. The minimum Gasteiger partial charge on any atom is -0.379 e. The molecule has 49 heavy (non-hydrogen) atoms. The highest BCUT2D eigenvalue weighted by molar-refractivity contribution is 7.93. The summed E-state index contributed by atoms with van der Waals surface area (Å²) >= 11 is 0.